The van der Waals surface area contributed by atoms with Crippen molar-refractivity contribution in [2.75, 3.05) is 0 Å². The summed E-state index contributed by atoms with van der Waals surface area (Å²) in [6.07, 6.45) is 0. The van der Waals surface area contributed by atoms with E-state index >= 15 is 0 Å². The molecule has 0 atom stereocenters. The van der Waals surface area contributed by atoms with Crippen LogP contribution in [0.1, 0.15) is 0 Å². The molecule has 0 N–H and O–H groups in total. The van der Waals surface area contributed by atoms with E-state index in [0.29, 0.717) is 0 Å². The Labute approximate surface area is 78.3 Å². The molecule has 0 heterocycles. The van der Waals surface area contributed by atoms with Crippen molar-refractivity contribution in [3.05, 3.63) is 60.7 Å². The van der Waals surface area contributed by atoms with Crippen LogP contribution in [0.5, 0.6) is 0 Å². The molecule has 2 aromatic rings. The van der Waals surface area contributed by atoms with E-state index in [9.17, 15) is 0 Å². The van der Waals surface area contributed by atoms with Gasteiger partial charge in [0.15, 0.2) is 0 Å². The third-order valence-electron chi connectivity index (χ3n) is 1.11. The molecule has 0 fully saturated rings. The van der Waals surface area contributed by atoms with Gasteiger partial charge in [-0.05, 0) is 0 Å². The molecule has 0 saturated heterocycles. The van der Waals surface area contributed by atoms with Gasteiger partial charge in [-0.15, -0.1) is 0 Å². The van der Waals surface area contributed by atoms with Crippen molar-refractivity contribution in [1.82, 2.24) is 0 Å². The van der Waals surface area contributed by atoms with Gasteiger partial charge in [0.25, 0.3) is 0 Å². The number of rotatable bonds is 0. The molecule has 55 valence electrons. The maximum atomic E-state index is 2.00. The van der Waals surface area contributed by atoms with Crippen molar-refractivity contribution in [3.63, 3.8) is 0 Å². The minimum atomic E-state index is 0. The van der Waals surface area contributed by atoms with Gasteiger partial charge in [0.2, 0.25) is 0 Å². The summed E-state index contributed by atoms with van der Waals surface area (Å²) in [6.45, 7) is 0. The Morgan fingerprint density at radius 1 is 0.545 bits per heavy atom. The zero-order valence-corrected chi connectivity index (χ0v) is 7.46. The van der Waals surface area contributed by atoms with Crippen molar-refractivity contribution in [2.24, 2.45) is 0 Å². The summed E-state index contributed by atoms with van der Waals surface area (Å²) >= 11 is 0. The van der Waals surface area contributed by atoms with Crippen LogP contribution in [0, 0.1) is 0 Å². The second-order valence-electron chi connectivity index (χ2n) is 1.92. The van der Waals surface area contributed by atoms with E-state index in [1.54, 1.807) is 0 Å². The molecule has 1 heteroatoms. The Morgan fingerprint density at radius 3 is 0.909 bits per heavy atom. The Kier molecular flexibility index (Phi) is 6.83. The van der Waals surface area contributed by atoms with Crippen molar-refractivity contribution < 1.29 is 17.4 Å². The maximum Gasteiger partial charge on any atom is 3.00 e. The second-order valence-corrected chi connectivity index (χ2v) is 1.92. The molecule has 0 spiro atoms. The summed E-state index contributed by atoms with van der Waals surface area (Å²) in [7, 11) is 0. The zero-order valence-electron chi connectivity index (χ0n) is 6.18. The molecule has 2 rings (SSSR count). The van der Waals surface area contributed by atoms with Crippen LogP contribution in [0.15, 0.2) is 60.7 Å². The van der Waals surface area contributed by atoms with Crippen LogP contribution in [0.3, 0.4) is 0 Å². The van der Waals surface area contributed by atoms with Gasteiger partial charge >= 0.3 is 17.4 Å². The smallest absolute Gasteiger partial charge is 0.214 e. The first-order chi connectivity index (χ1) is 5.00. The third kappa shape index (κ3) is 5.67. The van der Waals surface area contributed by atoms with Crippen LogP contribution in [-0.2, 0) is 17.4 Å². The number of hydrogen-bond donors (Lipinski definition) is 0. The fourth-order valence-electron chi connectivity index (χ4n) is 0.642. The first kappa shape index (κ1) is 10.2. The Hall–Kier alpha value is -0.768. The van der Waals surface area contributed by atoms with E-state index < -0.39 is 0 Å². The molecule has 11 heavy (non-hydrogen) atoms. The summed E-state index contributed by atoms with van der Waals surface area (Å²) in [5.74, 6) is 0. The minimum absolute atomic E-state index is 0. The van der Waals surface area contributed by atoms with Gasteiger partial charge in [-0.2, -0.15) is 36.4 Å². The molecule has 0 unspecified atom stereocenters. The van der Waals surface area contributed by atoms with Gasteiger partial charge in [-0.25, -0.2) is 24.3 Å². The first-order valence-electron chi connectivity index (χ1n) is 3.33. The van der Waals surface area contributed by atoms with Crippen molar-refractivity contribution in [2.45, 2.75) is 0 Å². The van der Waals surface area contributed by atoms with Crippen molar-refractivity contribution in [1.29, 1.82) is 0 Å². The van der Waals surface area contributed by atoms with Gasteiger partial charge in [-0.1, -0.05) is 0 Å². The fourth-order valence-corrected chi connectivity index (χ4v) is 0.642. The molecule has 0 amide bonds. The monoisotopic (exact) mass is 182 g/mol. The molecule has 0 saturated carbocycles. The summed E-state index contributed by atoms with van der Waals surface area (Å²) < 4.78 is 0. The Morgan fingerprint density at radius 2 is 0.818 bits per heavy atom. The van der Waals surface area contributed by atoms with E-state index in [0.717, 1.165) is 0 Å². The maximum absolute atomic E-state index is 2.00. The molecule has 2 aromatic carbocycles. The van der Waals surface area contributed by atoms with Crippen LogP contribution in [0.2, 0.25) is 0 Å². The van der Waals surface area contributed by atoms with Gasteiger partial charge in [0.1, 0.15) is 0 Å². The summed E-state index contributed by atoms with van der Waals surface area (Å²) in [6, 6.07) is 20.0. The van der Waals surface area contributed by atoms with E-state index in [4.69, 9.17) is 0 Å². The normalized spacial score (nSPS) is 7.27. The average molecular weight is 182 g/mol. The molecule has 0 aliphatic rings. The number of hydrogen-bond acceptors (Lipinski definition) is 0. The van der Waals surface area contributed by atoms with Gasteiger partial charge in [-0.3, -0.25) is 0 Å². The molecule has 0 aliphatic carbocycles. The summed E-state index contributed by atoms with van der Waals surface area (Å²) in [5.41, 5.74) is 0. The second kappa shape index (κ2) is 7.34. The molecule has 1 radical (unpaired) electrons. The van der Waals surface area contributed by atoms with Crippen LogP contribution in [-0.4, -0.2) is 0 Å². The fraction of sp³-hybridized carbons (Fsp3) is 0. The third-order valence-corrected chi connectivity index (χ3v) is 1.11. The quantitative estimate of drug-likeness (QED) is 0.549. The summed E-state index contributed by atoms with van der Waals surface area (Å²) in [5, 5.41) is 0. The van der Waals surface area contributed by atoms with E-state index in [1.165, 1.54) is 0 Å². The SMILES string of the molecule is [Cr+3].c1cc[cH-]c1.c1cc[cH-]c1. The standard InChI is InChI=1S/2C5H5.Cr/c2*1-2-4-5-3-1;/h2*1-5H;/q2*-1;+3. The van der Waals surface area contributed by atoms with Crippen LogP contribution < -0.4 is 0 Å². The molecule has 0 aliphatic heterocycles. The molecular weight excluding hydrogens is 172 g/mol. The van der Waals surface area contributed by atoms with Crippen LogP contribution in [0.25, 0.3) is 0 Å². The van der Waals surface area contributed by atoms with E-state index in [1.807, 2.05) is 60.7 Å². The topological polar surface area (TPSA) is 0 Å². The minimum Gasteiger partial charge on any atom is -0.214 e. The van der Waals surface area contributed by atoms with Gasteiger partial charge in [0, 0.05) is 0 Å². The van der Waals surface area contributed by atoms with Crippen LogP contribution >= 0.6 is 0 Å². The van der Waals surface area contributed by atoms with Crippen molar-refractivity contribution >= 4 is 0 Å². The van der Waals surface area contributed by atoms with Gasteiger partial charge < -0.3 is 0 Å². The van der Waals surface area contributed by atoms with E-state index in [2.05, 4.69) is 0 Å². The summed E-state index contributed by atoms with van der Waals surface area (Å²) in [4.78, 5) is 0. The predicted molar refractivity (Wildman–Crippen MR) is 44.1 cm³/mol. The van der Waals surface area contributed by atoms with Crippen LogP contribution in [0.4, 0.5) is 0 Å². The molecular formula is C10H10Cr+. The largest absolute Gasteiger partial charge is 3.00 e. The first-order valence-corrected chi connectivity index (χ1v) is 3.33. The predicted octanol–water partition coefficient (Wildman–Crippen LogP) is 2.81. The average Bonchev–Trinajstić information content (AvgIpc) is 2.67. The molecule has 0 nitrogen and oxygen atoms in total. The molecule has 0 aromatic heterocycles. The molecule has 0 bridgehead atoms. The van der Waals surface area contributed by atoms with Crippen molar-refractivity contribution in [3.8, 4) is 0 Å². The van der Waals surface area contributed by atoms with Gasteiger partial charge in [0.05, 0.1) is 0 Å². The zero-order chi connectivity index (χ0) is 7.07. The Bertz CT molecular complexity index is 144. The van der Waals surface area contributed by atoms with E-state index in [-0.39, 0.29) is 17.4 Å². The Balaban J connectivity index is 0.000000167.